The lowest BCUT2D eigenvalue weighted by Gasteiger charge is -2.25. The Kier molecular flexibility index (Phi) is 5.84. The maximum Gasteiger partial charge on any atom is 0.251 e. The van der Waals surface area contributed by atoms with Gasteiger partial charge < -0.3 is 15.7 Å². The molecule has 0 bridgehead atoms. The first kappa shape index (κ1) is 17.1. The fourth-order valence-corrected chi connectivity index (χ4v) is 1.80. The van der Waals surface area contributed by atoms with E-state index in [0.29, 0.717) is 12.8 Å². The minimum absolute atomic E-state index is 0.0450. The van der Waals surface area contributed by atoms with Crippen LogP contribution in [0.15, 0.2) is 18.2 Å². The number of halogens is 1. The van der Waals surface area contributed by atoms with Crippen LogP contribution in [0.1, 0.15) is 44.0 Å². The number of carbonyl (C=O) groups excluding carboxylic acids is 2. The van der Waals surface area contributed by atoms with E-state index in [4.69, 9.17) is 0 Å². The minimum atomic E-state index is -0.948. The first-order valence-electron chi connectivity index (χ1n) is 6.89. The topological polar surface area (TPSA) is 78.4 Å². The number of anilines is 1. The fraction of sp³-hybridized carbons (Fsp3) is 0.467. The Labute approximate surface area is 123 Å². The minimum Gasteiger partial charge on any atom is -0.388 e. The molecule has 0 saturated heterocycles. The standard InChI is InChI=1S/C15H21FN2O3/c1-4-15(21,5-2)9-17-14(20)11-6-7-12(16)13(8-11)18-10(3)19/h6-8,21H,4-5,9H2,1-3H3,(H,17,20)(H,18,19). The van der Waals surface area contributed by atoms with Gasteiger partial charge in [-0.15, -0.1) is 0 Å². The van der Waals surface area contributed by atoms with Gasteiger partial charge in [0.2, 0.25) is 5.91 Å². The molecular weight excluding hydrogens is 275 g/mol. The third kappa shape index (κ3) is 4.82. The second kappa shape index (κ2) is 7.17. The molecule has 0 aromatic heterocycles. The smallest absolute Gasteiger partial charge is 0.251 e. The van der Waals surface area contributed by atoms with Gasteiger partial charge in [0.1, 0.15) is 5.82 Å². The summed E-state index contributed by atoms with van der Waals surface area (Å²) in [4.78, 5) is 23.0. The van der Waals surface area contributed by atoms with Gasteiger partial charge in [0.25, 0.3) is 5.91 Å². The average Bonchev–Trinajstić information content (AvgIpc) is 2.46. The van der Waals surface area contributed by atoms with Crippen LogP contribution in [-0.4, -0.2) is 29.1 Å². The van der Waals surface area contributed by atoms with E-state index in [2.05, 4.69) is 10.6 Å². The van der Waals surface area contributed by atoms with Gasteiger partial charge in [-0.3, -0.25) is 9.59 Å². The van der Waals surface area contributed by atoms with E-state index in [0.717, 1.165) is 6.07 Å². The van der Waals surface area contributed by atoms with Gasteiger partial charge in [0.05, 0.1) is 11.3 Å². The molecule has 6 heteroatoms. The summed E-state index contributed by atoms with van der Waals surface area (Å²) in [5.41, 5.74) is -0.776. The van der Waals surface area contributed by atoms with Gasteiger partial charge >= 0.3 is 0 Å². The highest BCUT2D eigenvalue weighted by atomic mass is 19.1. The molecule has 0 spiro atoms. The summed E-state index contributed by atoms with van der Waals surface area (Å²) in [7, 11) is 0. The first-order valence-corrected chi connectivity index (χ1v) is 6.89. The molecule has 21 heavy (non-hydrogen) atoms. The number of benzene rings is 1. The molecule has 0 fully saturated rings. The molecule has 0 atom stereocenters. The number of carbonyl (C=O) groups is 2. The summed E-state index contributed by atoms with van der Waals surface area (Å²) < 4.78 is 13.5. The molecule has 1 aromatic rings. The first-order chi connectivity index (χ1) is 9.81. The Balaban J connectivity index is 2.81. The van der Waals surface area contributed by atoms with Crippen LogP contribution in [-0.2, 0) is 4.79 Å². The van der Waals surface area contributed by atoms with E-state index >= 15 is 0 Å². The van der Waals surface area contributed by atoms with Gasteiger partial charge in [-0.1, -0.05) is 13.8 Å². The summed E-state index contributed by atoms with van der Waals surface area (Å²) in [5.74, 6) is -1.46. The summed E-state index contributed by atoms with van der Waals surface area (Å²) >= 11 is 0. The summed E-state index contributed by atoms with van der Waals surface area (Å²) in [5, 5.41) is 15.0. The second-order valence-corrected chi connectivity index (χ2v) is 4.99. The molecule has 1 rings (SSSR count). The quantitative estimate of drug-likeness (QED) is 0.752. The number of hydrogen-bond acceptors (Lipinski definition) is 3. The van der Waals surface area contributed by atoms with Crippen LogP contribution in [0.2, 0.25) is 0 Å². The molecular formula is C15H21FN2O3. The lowest BCUT2D eigenvalue weighted by molar-refractivity contribution is -0.114. The van der Waals surface area contributed by atoms with Crippen molar-refractivity contribution in [2.45, 2.75) is 39.2 Å². The summed E-state index contributed by atoms with van der Waals surface area (Å²) in [6, 6.07) is 3.71. The maximum absolute atomic E-state index is 13.5. The Morgan fingerprint density at radius 1 is 1.29 bits per heavy atom. The molecule has 0 saturated carbocycles. The van der Waals surface area contributed by atoms with Gasteiger partial charge in [-0.05, 0) is 31.0 Å². The lowest BCUT2D eigenvalue weighted by Crippen LogP contribution is -2.42. The van der Waals surface area contributed by atoms with Crippen LogP contribution in [0.25, 0.3) is 0 Å². The molecule has 0 aliphatic rings. The van der Waals surface area contributed by atoms with E-state index in [1.54, 1.807) is 0 Å². The highest BCUT2D eigenvalue weighted by Gasteiger charge is 2.23. The lowest BCUT2D eigenvalue weighted by atomic mass is 9.97. The maximum atomic E-state index is 13.5. The summed E-state index contributed by atoms with van der Waals surface area (Å²) in [6.45, 7) is 5.05. The van der Waals surface area contributed by atoms with Crippen molar-refractivity contribution in [2.75, 3.05) is 11.9 Å². The largest absolute Gasteiger partial charge is 0.388 e. The average molecular weight is 296 g/mol. The van der Waals surface area contributed by atoms with Crippen molar-refractivity contribution in [3.63, 3.8) is 0 Å². The monoisotopic (exact) mass is 296 g/mol. The Hall–Kier alpha value is -1.95. The van der Waals surface area contributed by atoms with E-state index in [9.17, 15) is 19.1 Å². The normalized spacial score (nSPS) is 11.1. The predicted octanol–water partition coefficient (Wildman–Crippen LogP) is 2.06. The molecule has 3 N–H and O–H groups in total. The highest BCUT2D eigenvalue weighted by molar-refractivity contribution is 5.96. The van der Waals surface area contributed by atoms with Crippen molar-refractivity contribution < 1.29 is 19.1 Å². The van der Waals surface area contributed by atoms with E-state index in [-0.39, 0.29) is 17.8 Å². The summed E-state index contributed by atoms with van der Waals surface area (Å²) in [6.07, 6.45) is 1.04. The van der Waals surface area contributed by atoms with E-state index in [1.807, 2.05) is 13.8 Å². The molecule has 0 aliphatic carbocycles. The molecule has 0 unspecified atom stereocenters. The van der Waals surface area contributed by atoms with Crippen LogP contribution in [0.4, 0.5) is 10.1 Å². The fourth-order valence-electron chi connectivity index (χ4n) is 1.80. The Bertz CT molecular complexity index is 528. The van der Waals surface area contributed by atoms with Gasteiger partial charge in [-0.25, -0.2) is 4.39 Å². The predicted molar refractivity (Wildman–Crippen MR) is 78.6 cm³/mol. The van der Waals surface area contributed by atoms with Crippen molar-refractivity contribution >= 4 is 17.5 Å². The number of aliphatic hydroxyl groups is 1. The van der Waals surface area contributed by atoms with Gasteiger partial charge in [0, 0.05) is 19.0 Å². The number of nitrogens with one attached hydrogen (secondary N) is 2. The van der Waals surface area contributed by atoms with Gasteiger partial charge in [0.15, 0.2) is 0 Å². The molecule has 2 amide bonds. The molecule has 0 radical (unpaired) electrons. The Morgan fingerprint density at radius 3 is 2.43 bits per heavy atom. The Morgan fingerprint density at radius 2 is 1.90 bits per heavy atom. The molecule has 0 heterocycles. The van der Waals surface area contributed by atoms with Gasteiger partial charge in [-0.2, -0.15) is 0 Å². The van der Waals surface area contributed by atoms with Crippen LogP contribution in [0.3, 0.4) is 0 Å². The van der Waals surface area contributed by atoms with Crippen molar-refractivity contribution in [1.82, 2.24) is 5.32 Å². The number of rotatable bonds is 6. The van der Waals surface area contributed by atoms with Crippen molar-refractivity contribution in [3.8, 4) is 0 Å². The van der Waals surface area contributed by atoms with Crippen LogP contribution >= 0.6 is 0 Å². The highest BCUT2D eigenvalue weighted by Crippen LogP contribution is 2.17. The van der Waals surface area contributed by atoms with E-state index in [1.165, 1.54) is 19.1 Å². The van der Waals surface area contributed by atoms with Crippen LogP contribution in [0, 0.1) is 5.82 Å². The molecule has 1 aromatic carbocycles. The molecule has 5 nitrogen and oxygen atoms in total. The zero-order valence-electron chi connectivity index (χ0n) is 12.5. The third-order valence-corrected chi connectivity index (χ3v) is 3.43. The number of amides is 2. The number of hydrogen-bond donors (Lipinski definition) is 3. The van der Waals surface area contributed by atoms with Crippen molar-refractivity contribution in [1.29, 1.82) is 0 Å². The SMILES string of the molecule is CCC(O)(CC)CNC(=O)c1ccc(F)c(NC(C)=O)c1. The molecule has 0 aliphatic heterocycles. The van der Waals surface area contributed by atoms with Crippen LogP contribution in [0.5, 0.6) is 0 Å². The van der Waals surface area contributed by atoms with Crippen LogP contribution < -0.4 is 10.6 Å². The zero-order valence-corrected chi connectivity index (χ0v) is 12.5. The third-order valence-electron chi connectivity index (χ3n) is 3.43. The van der Waals surface area contributed by atoms with Crippen molar-refractivity contribution in [3.05, 3.63) is 29.6 Å². The second-order valence-electron chi connectivity index (χ2n) is 4.99. The zero-order chi connectivity index (χ0) is 16.0. The van der Waals surface area contributed by atoms with Crippen molar-refractivity contribution in [2.24, 2.45) is 0 Å². The van der Waals surface area contributed by atoms with E-state index < -0.39 is 23.2 Å². The molecule has 116 valence electrons.